The van der Waals surface area contributed by atoms with Crippen molar-refractivity contribution < 1.29 is 13.6 Å². The molecule has 1 amide bonds. The van der Waals surface area contributed by atoms with Gasteiger partial charge in [-0.2, -0.15) is 0 Å². The molecule has 2 aromatic heterocycles. The molecule has 0 saturated carbocycles. The molecule has 3 aromatic rings. The molecule has 1 atom stereocenters. The summed E-state index contributed by atoms with van der Waals surface area (Å²) in [6, 6.07) is 10.1. The number of nitrogens with zero attached hydrogens (tertiary/aromatic N) is 3. The number of carbonyl (C=O) groups excluding carboxylic acids is 1. The summed E-state index contributed by atoms with van der Waals surface area (Å²) in [5.41, 5.74) is 0.464. The molecule has 5 nitrogen and oxygen atoms in total. The van der Waals surface area contributed by atoms with Gasteiger partial charge in [-0.3, -0.25) is 4.79 Å². The van der Waals surface area contributed by atoms with Gasteiger partial charge >= 0.3 is 0 Å². The molecule has 0 radical (unpaired) electrons. The second-order valence-corrected chi connectivity index (χ2v) is 7.41. The standard InChI is InChI=1S/C20H18FN3O2S/c21-17-8-2-1-7-16(17)20-23-22-19(27-20)14-5-3-11-24(13-14)18(25)10-9-15-6-4-12-26-15/h1-2,4,6-10,12,14H,3,5,11,13H2/b10-9+/t14-/m1/s1. The van der Waals surface area contributed by atoms with Crippen LogP contribution in [0.15, 0.2) is 53.2 Å². The number of furan rings is 1. The number of likely N-dealkylation sites (tertiary alicyclic amines) is 1. The van der Waals surface area contributed by atoms with Crippen LogP contribution in [0.1, 0.15) is 29.5 Å². The van der Waals surface area contributed by atoms with E-state index >= 15 is 0 Å². The molecular weight excluding hydrogens is 365 g/mol. The van der Waals surface area contributed by atoms with Crippen LogP contribution in [-0.2, 0) is 4.79 Å². The number of benzene rings is 1. The second-order valence-electron chi connectivity index (χ2n) is 6.40. The Kier molecular flexibility index (Phi) is 5.11. The normalized spacial score (nSPS) is 17.5. The van der Waals surface area contributed by atoms with Crippen LogP contribution in [0.5, 0.6) is 0 Å². The van der Waals surface area contributed by atoms with Gasteiger partial charge in [0.25, 0.3) is 0 Å². The van der Waals surface area contributed by atoms with E-state index in [2.05, 4.69) is 10.2 Å². The highest BCUT2D eigenvalue weighted by molar-refractivity contribution is 7.14. The van der Waals surface area contributed by atoms with Gasteiger partial charge in [-0.05, 0) is 43.2 Å². The third-order valence-electron chi connectivity index (χ3n) is 4.56. The van der Waals surface area contributed by atoms with Crippen molar-refractivity contribution in [1.82, 2.24) is 15.1 Å². The maximum absolute atomic E-state index is 14.0. The van der Waals surface area contributed by atoms with Crippen LogP contribution in [-0.4, -0.2) is 34.1 Å². The second kappa shape index (κ2) is 7.84. The van der Waals surface area contributed by atoms with E-state index in [0.717, 1.165) is 24.4 Å². The Hall–Kier alpha value is -2.80. The summed E-state index contributed by atoms with van der Waals surface area (Å²) in [5.74, 6) is 0.423. The summed E-state index contributed by atoms with van der Waals surface area (Å²) in [7, 11) is 0. The molecule has 0 spiro atoms. The molecule has 1 saturated heterocycles. The Balaban J connectivity index is 1.46. The van der Waals surface area contributed by atoms with E-state index < -0.39 is 0 Å². The molecule has 0 N–H and O–H groups in total. The van der Waals surface area contributed by atoms with Crippen molar-refractivity contribution >= 4 is 23.3 Å². The minimum atomic E-state index is -0.302. The summed E-state index contributed by atoms with van der Waals surface area (Å²) in [6.45, 7) is 1.31. The van der Waals surface area contributed by atoms with Crippen molar-refractivity contribution in [1.29, 1.82) is 0 Å². The molecule has 1 aliphatic rings. The number of hydrogen-bond donors (Lipinski definition) is 0. The molecular formula is C20H18FN3O2S. The van der Waals surface area contributed by atoms with Gasteiger partial charge in [-0.15, -0.1) is 10.2 Å². The highest BCUT2D eigenvalue weighted by Gasteiger charge is 2.26. The fourth-order valence-electron chi connectivity index (χ4n) is 3.17. The Labute approximate surface area is 160 Å². The van der Waals surface area contributed by atoms with E-state index in [1.807, 2.05) is 4.90 Å². The summed E-state index contributed by atoms with van der Waals surface area (Å²) in [5, 5.41) is 9.85. The molecule has 1 fully saturated rings. The average molecular weight is 383 g/mol. The highest BCUT2D eigenvalue weighted by atomic mass is 32.1. The fourth-order valence-corrected chi connectivity index (χ4v) is 4.16. The van der Waals surface area contributed by atoms with Crippen LogP contribution in [0, 0.1) is 5.82 Å². The molecule has 138 valence electrons. The molecule has 27 heavy (non-hydrogen) atoms. The van der Waals surface area contributed by atoms with Crippen LogP contribution >= 0.6 is 11.3 Å². The fraction of sp³-hybridized carbons (Fsp3) is 0.250. The Morgan fingerprint density at radius 3 is 2.96 bits per heavy atom. The van der Waals surface area contributed by atoms with Crippen molar-refractivity contribution in [3.8, 4) is 10.6 Å². The molecule has 1 aromatic carbocycles. The van der Waals surface area contributed by atoms with E-state index in [4.69, 9.17) is 4.42 Å². The van der Waals surface area contributed by atoms with Crippen LogP contribution in [0.2, 0.25) is 0 Å². The average Bonchev–Trinajstić information content (AvgIpc) is 3.39. The van der Waals surface area contributed by atoms with Crippen molar-refractivity contribution in [2.75, 3.05) is 13.1 Å². The predicted octanol–water partition coefficient (Wildman–Crippen LogP) is 4.36. The number of aromatic nitrogens is 2. The van der Waals surface area contributed by atoms with E-state index in [1.54, 1.807) is 42.7 Å². The summed E-state index contributed by atoms with van der Waals surface area (Å²) >= 11 is 1.40. The van der Waals surface area contributed by atoms with E-state index in [-0.39, 0.29) is 17.6 Å². The molecule has 7 heteroatoms. The first-order chi connectivity index (χ1) is 13.2. The smallest absolute Gasteiger partial charge is 0.246 e. The molecule has 0 aliphatic carbocycles. The number of carbonyl (C=O) groups is 1. The van der Waals surface area contributed by atoms with Gasteiger partial charge < -0.3 is 9.32 Å². The Morgan fingerprint density at radius 1 is 1.26 bits per heavy atom. The minimum absolute atomic E-state index is 0.0463. The number of hydrogen-bond acceptors (Lipinski definition) is 5. The first-order valence-corrected chi connectivity index (χ1v) is 9.61. The van der Waals surface area contributed by atoms with Crippen molar-refractivity contribution in [3.05, 3.63) is 65.3 Å². The van der Waals surface area contributed by atoms with E-state index in [9.17, 15) is 9.18 Å². The summed E-state index contributed by atoms with van der Waals surface area (Å²) in [4.78, 5) is 14.3. The van der Waals surface area contributed by atoms with Crippen LogP contribution in [0.4, 0.5) is 4.39 Å². The van der Waals surface area contributed by atoms with Gasteiger partial charge in [0.2, 0.25) is 5.91 Å². The quantitative estimate of drug-likeness (QED) is 0.628. The van der Waals surface area contributed by atoms with Gasteiger partial charge in [-0.1, -0.05) is 23.5 Å². The van der Waals surface area contributed by atoms with Crippen molar-refractivity contribution in [2.24, 2.45) is 0 Å². The summed E-state index contributed by atoms with van der Waals surface area (Å²) in [6.07, 6.45) is 6.63. The Bertz CT molecular complexity index is 952. The zero-order valence-electron chi connectivity index (χ0n) is 14.5. The Morgan fingerprint density at radius 2 is 2.15 bits per heavy atom. The lowest BCUT2D eigenvalue weighted by Gasteiger charge is -2.30. The number of piperidine rings is 1. The van der Waals surface area contributed by atoms with Gasteiger partial charge in [0.1, 0.15) is 16.6 Å². The molecule has 4 rings (SSSR count). The lowest BCUT2D eigenvalue weighted by Crippen LogP contribution is -2.38. The first kappa shape index (κ1) is 17.6. The maximum atomic E-state index is 14.0. The highest BCUT2D eigenvalue weighted by Crippen LogP contribution is 2.33. The largest absolute Gasteiger partial charge is 0.465 e. The van der Waals surface area contributed by atoms with Gasteiger partial charge in [0.05, 0.1) is 6.26 Å². The predicted molar refractivity (Wildman–Crippen MR) is 102 cm³/mol. The van der Waals surface area contributed by atoms with Gasteiger partial charge in [0, 0.05) is 30.6 Å². The van der Waals surface area contributed by atoms with Gasteiger partial charge in [-0.25, -0.2) is 4.39 Å². The molecule has 0 unspecified atom stereocenters. The van der Waals surface area contributed by atoms with Crippen molar-refractivity contribution in [3.63, 3.8) is 0 Å². The zero-order valence-corrected chi connectivity index (χ0v) is 15.4. The van der Waals surface area contributed by atoms with Crippen LogP contribution in [0.3, 0.4) is 0 Å². The summed E-state index contributed by atoms with van der Waals surface area (Å²) < 4.78 is 19.2. The lowest BCUT2D eigenvalue weighted by atomic mass is 9.99. The number of amides is 1. The zero-order chi connectivity index (χ0) is 18.6. The van der Waals surface area contributed by atoms with Crippen molar-refractivity contribution in [2.45, 2.75) is 18.8 Å². The molecule has 0 bridgehead atoms. The SMILES string of the molecule is O=C(/C=C/c1ccco1)N1CCC[C@@H](c2nnc(-c3ccccc3F)s2)C1. The molecule has 1 aliphatic heterocycles. The number of halogens is 1. The topological polar surface area (TPSA) is 59.2 Å². The number of rotatable bonds is 4. The third-order valence-corrected chi connectivity index (χ3v) is 5.68. The monoisotopic (exact) mass is 383 g/mol. The van der Waals surface area contributed by atoms with E-state index in [1.165, 1.54) is 23.5 Å². The van der Waals surface area contributed by atoms with Crippen LogP contribution < -0.4 is 0 Å². The van der Waals surface area contributed by atoms with Gasteiger partial charge in [0.15, 0.2) is 5.01 Å². The first-order valence-electron chi connectivity index (χ1n) is 8.79. The maximum Gasteiger partial charge on any atom is 0.246 e. The van der Waals surface area contributed by atoms with E-state index in [0.29, 0.717) is 22.9 Å². The van der Waals surface area contributed by atoms with Crippen LogP contribution in [0.25, 0.3) is 16.6 Å². The molecule has 3 heterocycles. The lowest BCUT2D eigenvalue weighted by molar-refractivity contribution is -0.127. The third kappa shape index (κ3) is 3.98. The minimum Gasteiger partial charge on any atom is -0.465 e.